The largest absolute Gasteiger partial charge is 0.452 e. The molecule has 0 bridgehead atoms. The smallest absolute Gasteiger partial charge is 0.339 e. The van der Waals surface area contributed by atoms with Crippen molar-refractivity contribution in [2.24, 2.45) is 0 Å². The van der Waals surface area contributed by atoms with E-state index in [1.807, 2.05) is 4.90 Å². The van der Waals surface area contributed by atoms with Gasteiger partial charge in [-0.3, -0.25) is 9.59 Å². The summed E-state index contributed by atoms with van der Waals surface area (Å²) in [6.07, 6.45) is 6.16. The zero-order valence-corrected chi connectivity index (χ0v) is 17.8. The number of nitrogens with zero attached hydrogens (tertiary/aromatic N) is 2. The average Bonchev–Trinajstić information content (AvgIpc) is 3.32. The summed E-state index contributed by atoms with van der Waals surface area (Å²) in [7, 11) is 0. The van der Waals surface area contributed by atoms with Gasteiger partial charge in [0.15, 0.2) is 6.61 Å². The minimum absolute atomic E-state index is 0.0642. The van der Waals surface area contributed by atoms with Crippen molar-refractivity contribution in [3.8, 4) is 6.07 Å². The molecule has 1 aromatic rings. The number of benzene rings is 1. The molecule has 1 aliphatic carbocycles. The first kappa shape index (κ1) is 22.2. The molecular formula is C22H27N3O4S. The molecule has 1 N–H and O–H groups in total. The summed E-state index contributed by atoms with van der Waals surface area (Å²) in [6, 6.07) is 9.13. The maximum absolute atomic E-state index is 12.5. The number of hydrogen-bond acceptors (Lipinski definition) is 6. The van der Waals surface area contributed by atoms with Gasteiger partial charge in [-0.2, -0.15) is 5.26 Å². The summed E-state index contributed by atoms with van der Waals surface area (Å²) in [6.45, 7) is 1.15. The fourth-order valence-corrected chi connectivity index (χ4v) is 4.83. The number of nitrogens with one attached hydrogen (secondary N) is 1. The third-order valence-electron chi connectivity index (χ3n) is 5.55. The molecule has 2 fully saturated rings. The molecule has 2 amide bonds. The van der Waals surface area contributed by atoms with Crippen LogP contribution in [-0.4, -0.2) is 53.7 Å². The van der Waals surface area contributed by atoms with Gasteiger partial charge in [-0.25, -0.2) is 4.79 Å². The lowest BCUT2D eigenvalue weighted by atomic mass is 9.83. The van der Waals surface area contributed by atoms with E-state index >= 15 is 0 Å². The van der Waals surface area contributed by atoms with Gasteiger partial charge in [0.1, 0.15) is 5.54 Å². The molecule has 1 heterocycles. The second kappa shape index (κ2) is 10.5. The molecule has 1 saturated heterocycles. The summed E-state index contributed by atoms with van der Waals surface area (Å²) in [5.41, 5.74) is -0.525. The summed E-state index contributed by atoms with van der Waals surface area (Å²) >= 11 is 1.30. The second-order valence-electron chi connectivity index (χ2n) is 7.75. The van der Waals surface area contributed by atoms with Crippen molar-refractivity contribution in [2.45, 2.75) is 55.4 Å². The van der Waals surface area contributed by atoms with Crippen molar-refractivity contribution in [1.82, 2.24) is 10.2 Å². The van der Waals surface area contributed by atoms with Crippen molar-refractivity contribution in [1.29, 1.82) is 5.26 Å². The molecule has 7 nitrogen and oxygen atoms in total. The van der Waals surface area contributed by atoms with Crippen LogP contribution in [0.4, 0.5) is 0 Å². The molecule has 2 aliphatic rings. The predicted octanol–water partition coefficient (Wildman–Crippen LogP) is 2.90. The molecule has 0 radical (unpaired) electrons. The molecule has 160 valence electrons. The Morgan fingerprint density at radius 2 is 1.80 bits per heavy atom. The first-order valence-corrected chi connectivity index (χ1v) is 11.4. The van der Waals surface area contributed by atoms with Crippen LogP contribution in [0.3, 0.4) is 0 Å². The molecular weight excluding hydrogens is 402 g/mol. The van der Waals surface area contributed by atoms with Crippen LogP contribution in [-0.2, 0) is 14.3 Å². The minimum atomic E-state index is -0.856. The lowest BCUT2D eigenvalue weighted by molar-refractivity contribution is -0.127. The lowest BCUT2D eigenvalue weighted by Gasteiger charge is -2.31. The molecule has 30 heavy (non-hydrogen) atoms. The molecule has 1 aromatic carbocycles. The fraction of sp³-hybridized carbons (Fsp3) is 0.545. The van der Waals surface area contributed by atoms with E-state index in [-0.39, 0.29) is 11.7 Å². The van der Waals surface area contributed by atoms with E-state index in [1.165, 1.54) is 11.8 Å². The first-order chi connectivity index (χ1) is 14.5. The fourth-order valence-electron chi connectivity index (χ4n) is 3.89. The van der Waals surface area contributed by atoms with Gasteiger partial charge in [-0.15, -0.1) is 11.8 Å². The molecule has 0 unspecified atom stereocenters. The van der Waals surface area contributed by atoms with Crippen LogP contribution < -0.4 is 5.32 Å². The van der Waals surface area contributed by atoms with Crippen molar-refractivity contribution in [3.05, 3.63) is 29.8 Å². The molecule has 8 heteroatoms. The van der Waals surface area contributed by atoms with E-state index in [4.69, 9.17) is 4.74 Å². The summed E-state index contributed by atoms with van der Waals surface area (Å²) in [5.74, 6) is -0.762. The van der Waals surface area contributed by atoms with E-state index in [2.05, 4.69) is 11.4 Å². The highest BCUT2D eigenvalue weighted by Crippen LogP contribution is 2.28. The zero-order valence-electron chi connectivity index (χ0n) is 17.0. The summed E-state index contributed by atoms with van der Waals surface area (Å²) in [4.78, 5) is 39.6. The van der Waals surface area contributed by atoms with Crippen LogP contribution in [0.15, 0.2) is 29.2 Å². The van der Waals surface area contributed by atoms with E-state index in [1.54, 1.807) is 24.3 Å². The predicted molar refractivity (Wildman–Crippen MR) is 113 cm³/mol. The average molecular weight is 430 g/mol. The van der Waals surface area contributed by atoms with Crippen molar-refractivity contribution < 1.29 is 19.1 Å². The van der Waals surface area contributed by atoms with Crippen LogP contribution in [0.5, 0.6) is 0 Å². The van der Waals surface area contributed by atoms with Crippen molar-refractivity contribution in [3.63, 3.8) is 0 Å². The van der Waals surface area contributed by atoms with Gasteiger partial charge < -0.3 is 15.0 Å². The van der Waals surface area contributed by atoms with E-state index in [9.17, 15) is 19.6 Å². The van der Waals surface area contributed by atoms with Gasteiger partial charge in [-0.1, -0.05) is 31.4 Å². The van der Waals surface area contributed by atoms with Gasteiger partial charge in [0.25, 0.3) is 5.91 Å². The highest BCUT2D eigenvalue weighted by Gasteiger charge is 2.33. The Morgan fingerprint density at radius 1 is 1.10 bits per heavy atom. The Labute approximate surface area is 181 Å². The highest BCUT2D eigenvalue weighted by molar-refractivity contribution is 8.00. The van der Waals surface area contributed by atoms with Crippen molar-refractivity contribution >= 4 is 29.5 Å². The van der Waals surface area contributed by atoms with Gasteiger partial charge in [0.05, 0.1) is 17.4 Å². The number of likely N-dealkylation sites (tertiary alicyclic amines) is 1. The monoisotopic (exact) mass is 429 g/mol. The Kier molecular flexibility index (Phi) is 7.75. The number of thioether (sulfide) groups is 1. The Hall–Kier alpha value is -2.53. The van der Waals surface area contributed by atoms with Crippen LogP contribution >= 0.6 is 11.8 Å². The minimum Gasteiger partial charge on any atom is -0.452 e. The van der Waals surface area contributed by atoms with E-state index < -0.39 is 24.0 Å². The molecule has 1 aliphatic heterocycles. The molecule has 0 aromatic heterocycles. The van der Waals surface area contributed by atoms with Crippen molar-refractivity contribution in [2.75, 3.05) is 25.4 Å². The summed E-state index contributed by atoms with van der Waals surface area (Å²) < 4.78 is 5.20. The standard InChI is InChI=1S/C22H27N3O4S/c23-16-22(10-4-1-5-11-22)24-19(26)14-29-21(28)17-8-2-3-9-18(17)30-15-20(27)25-12-6-7-13-25/h2-3,8-9H,1,4-7,10-15H2,(H,24,26). The number of amides is 2. The van der Waals surface area contributed by atoms with Crippen LogP contribution in [0.1, 0.15) is 55.3 Å². The van der Waals surface area contributed by atoms with Crippen LogP contribution in [0.25, 0.3) is 0 Å². The maximum atomic E-state index is 12.5. The number of ether oxygens (including phenoxy) is 1. The summed E-state index contributed by atoms with van der Waals surface area (Å²) in [5, 5.41) is 12.2. The Balaban J connectivity index is 1.53. The lowest BCUT2D eigenvalue weighted by Crippen LogP contribution is -2.50. The molecule has 0 spiro atoms. The number of carbonyl (C=O) groups is 3. The highest BCUT2D eigenvalue weighted by atomic mass is 32.2. The van der Waals surface area contributed by atoms with Gasteiger partial charge in [-0.05, 0) is 37.8 Å². The molecule has 1 saturated carbocycles. The number of carbonyl (C=O) groups excluding carboxylic acids is 3. The quantitative estimate of drug-likeness (QED) is 0.528. The van der Waals surface area contributed by atoms with E-state index in [0.717, 1.165) is 45.2 Å². The normalized spacial score (nSPS) is 17.8. The van der Waals surface area contributed by atoms with E-state index in [0.29, 0.717) is 23.3 Å². The second-order valence-corrected chi connectivity index (χ2v) is 8.77. The Morgan fingerprint density at radius 3 is 2.50 bits per heavy atom. The number of hydrogen-bond donors (Lipinski definition) is 1. The van der Waals surface area contributed by atoms with Crippen LogP contribution in [0, 0.1) is 11.3 Å². The SMILES string of the molecule is N#CC1(NC(=O)COC(=O)c2ccccc2SCC(=O)N2CCCC2)CCCCC1. The van der Waals surface area contributed by atoms with Gasteiger partial charge in [0, 0.05) is 18.0 Å². The molecule has 0 atom stereocenters. The zero-order chi connectivity index (χ0) is 21.4. The van der Waals surface area contributed by atoms with Gasteiger partial charge in [0.2, 0.25) is 5.91 Å². The maximum Gasteiger partial charge on any atom is 0.339 e. The number of esters is 1. The number of nitriles is 1. The third kappa shape index (κ3) is 5.76. The number of rotatable bonds is 7. The Bertz CT molecular complexity index is 824. The van der Waals surface area contributed by atoms with Crippen LogP contribution in [0.2, 0.25) is 0 Å². The first-order valence-electron chi connectivity index (χ1n) is 10.4. The topological polar surface area (TPSA) is 99.5 Å². The third-order valence-corrected chi connectivity index (χ3v) is 6.61. The van der Waals surface area contributed by atoms with Gasteiger partial charge >= 0.3 is 5.97 Å². The molecule has 3 rings (SSSR count).